The van der Waals surface area contributed by atoms with E-state index in [1.165, 1.54) is 24.9 Å². The summed E-state index contributed by atoms with van der Waals surface area (Å²) >= 11 is 0. The number of hydrogen-bond donors (Lipinski definition) is 1. The molecule has 0 spiro atoms. The lowest BCUT2D eigenvalue weighted by Gasteiger charge is -2.36. The molecule has 3 saturated heterocycles. The molecule has 3 aliphatic rings. The van der Waals surface area contributed by atoms with Gasteiger partial charge in [-0.15, -0.1) is 0 Å². The quantitative estimate of drug-likeness (QED) is 0.920. The van der Waals surface area contributed by atoms with Gasteiger partial charge in [0, 0.05) is 61.8 Å². The molecule has 4 heterocycles. The summed E-state index contributed by atoms with van der Waals surface area (Å²) in [4.78, 5) is 20.8. The van der Waals surface area contributed by atoms with Crippen molar-refractivity contribution in [2.75, 3.05) is 19.6 Å². The van der Waals surface area contributed by atoms with Crippen molar-refractivity contribution in [3.8, 4) is 0 Å². The Morgan fingerprint density at radius 2 is 1.85 bits per heavy atom. The van der Waals surface area contributed by atoms with Gasteiger partial charge in [0.1, 0.15) is 0 Å². The highest BCUT2D eigenvalue weighted by Crippen LogP contribution is 2.29. The summed E-state index contributed by atoms with van der Waals surface area (Å²) in [6.45, 7) is 9.16. The van der Waals surface area contributed by atoms with Crippen molar-refractivity contribution >= 4 is 0 Å². The van der Waals surface area contributed by atoms with E-state index in [0.717, 1.165) is 48.9 Å². The molecule has 26 heavy (non-hydrogen) atoms. The van der Waals surface area contributed by atoms with Crippen LogP contribution in [0.3, 0.4) is 0 Å². The molecule has 3 fully saturated rings. The highest BCUT2D eigenvalue weighted by atomic mass is 16.1. The number of hydrogen-bond acceptors (Lipinski definition) is 3. The molecule has 2 atom stereocenters. The zero-order valence-electron chi connectivity index (χ0n) is 15.9. The van der Waals surface area contributed by atoms with Gasteiger partial charge in [-0.05, 0) is 38.2 Å². The Balaban J connectivity index is 1.48. The molecule has 1 aromatic carbocycles. The fourth-order valence-corrected chi connectivity index (χ4v) is 4.61. The molecule has 0 saturated carbocycles. The second-order valence-electron chi connectivity index (χ2n) is 8.11. The number of aryl methyl sites for hydroxylation is 1. The number of pyridine rings is 1. The van der Waals surface area contributed by atoms with E-state index in [9.17, 15) is 4.79 Å². The third-order valence-electron chi connectivity index (χ3n) is 6.13. The fraction of sp³-hybridized carbons (Fsp3) is 0.500. The van der Waals surface area contributed by atoms with Gasteiger partial charge in [-0.3, -0.25) is 14.6 Å². The summed E-state index contributed by atoms with van der Waals surface area (Å²) in [5.41, 5.74) is 4.35. The lowest BCUT2D eigenvalue weighted by molar-refractivity contribution is 0.123. The molecule has 4 nitrogen and oxygen atoms in total. The standard InChI is InChI=1S/C22H29N3O/c1-16-10-23-21(17(2)22(16)26)15-24-11-19-8-9-20(14-24)25(13-19)12-18-6-4-3-5-7-18/h3-7,10,19-20H,8-9,11-15H2,1-2H3,(H,23,26). The smallest absolute Gasteiger partial charge is 0.187 e. The average molecular weight is 351 g/mol. The molecular formula is C22H29N3O. The highest BCUT2D eigenvalue weighted by Gasteiger charge is 2.34. The maximum atomic E-state index is 12.2. The molecule has 5 rings (SSSR count). The van der Waals surface area contributed by atoms with Crippen LogP contribution in [0, 0.1) is 19.8 Å². The van der Waals surface area contributed by atoms with Gasteiger partial charge in [0.05, 0.1) is 0 Å². The van der Waals surface area contributed by atoms with E-state index >= 15 is 0 Å². The maximum Gasteiger partial charge on any atom is 0.187 e. The Hall–Kier alpha value is -1.91. The van der Waals surface area contributed by atoms with Crippen LogP contribution in [-0.4, -0.2) is 40.5 Å². The summed E-state index contributed by atoms with van der Waals surface area (Å²) in [6.07, 6.45) is 4.48. The van der Waals surface area contributed by atoms with Crippen molar-refractivity contribution in [1.82, 2.24) is 14.8 Å². The first kappa shape index (κ1) is 17.5. The first-order valence-corrected chi connectivity index (χ1v) is 9.78. The van der Waals surface area contributed by atoms with E-state index < -0.39 is 0 Å². The number of rotatable bonds is 4. The van der Waals surface area contributed by atoms with Crippen molar-refractivity contribution in [2.24, 2.45) is 5.92 Å². The lowest BCUT2D eigenvalue weighted by Crippen LogP contribution is -2.43. The summed E-state index contributed by atoms with van der Waals surface area (Å²) in [5.74, 6) is 0.731. The molecule has 138 valence electrons. The minimum absolute atomic E-state index is 0.183. The number of aromatic amines is 1. The summed E-state index contributed by atoms with van der Waals surface area (Å²) in [5, 5.41) is 0. The van der Waals surface area contributed by atoms with E-state index in [1.54, 1.807) is 0 Å². The van der Waals surface area contributed by atoms with Gasteiger partial charge in [0.25, 0.3) is 0 Å². The van der Waals surface area contributed by atoms with Crippen LogP contribution in [0.25, 0.3) is 0 Å². The van der Waals surface area contributed by atoms with Crippen LogP contribution < -0.4 is 5.43 Å². The first-order valence-electron chi connectivity index (χ1n) is 9.78. The van der Waals surface area contributed by atoms with Crippen molar-refractivity contribution in [3.63, 3.8) is 0 Å². The van der Waals surface area contributed by atoms with Gasteiger partial charge in [-0.25, -0.2) is 0 Å². The van der Waals surface area contributed by atoms with Crippen LogP contribution in [-0.2, 0) is 13.1 Å². The fourth-order valence-electron chi connectivity index (χ4n) is 4.61. The second kappa shape index (κ2) is 7.37. The second-order valence-corrected chi connectivity index (χ2v) is 8.11. The van der Waals surface area contributed by atoms with Gasteiger partial charge in [-0.1, -0.05) is 30.3 Å². The maximum absolute atomic E-state index is 12.2. The van der Waals surface area contributed by atoms with Crippen LogP contribution in [0.4, 0.5) is 0 Å². The average Bonchev–Trinajstić information content (AvgIpc) is 2.94. The van der Waals surface area contributed by atoms with E-state index in [-0.39, 0.29) is 5.43 Å². The largest absolute Gasteiger partial charge is 0.363 e. The molecule has 1 aromatic heterocycles. The van der Waals surface area contributed by atoms with Gasteiger partial charge in [0.2, 0.25) is 0 Å². The van der Waals surface area contributed by atoms with Gasteiger partial charge >= 0.3 is 0 Å². The van der Waals surface area contributed by atoms with Gasteiger partial charge in [-0.2, -0.15) is 0 Å². The van der Waals surface area contributed by atoms with E-state index in [2.05, 4.69) is 45.1 Å². The first-order chi connectivity index (χ1) is 12.6. The van der Waals surface area contributed by atoms with Crippen molar-refractivity contribution in [1.29, 1.82) is 0 Å². The SMILES string of the molecule is Cc1c[nH]c(CN2CC3CCC(C2)N(Cc2ccccc2)C3)c(C)c1=O. The van der Waals surface area contributed by atoms with E-state index in [4.69, 9.17) is 0 Å². The Morgan fingerprint density at radius 3 is 2.65 bits per heavy atom. The van der Waals surface area contributed by atoms with E-state index in [1.807, 2.05) is 20.0 Å². The Bertz CT molecular complexity index is 814. The summed E-state index contributed by atoms with van der Waals surface area (Å²) in [6, 6.07) is 11.4. The molecule has 4 heteroatoms. The van der Waals surface area contributed by atoms with Crippen molar-refractivity contribution in [3.05, 3.63) is 69.1 Å². The van der Waals surface area contributed by atoms with Gasteiger partial charge in [0.15, 0.2) is 5.43 Å². The minimum atomic E-state index is 0.183. The van der Waals surface area contributed by atoms with Crippen LogP contribution in [0.15, 0.2) is 41.3 Å². The van der Waals surface area contributed by atoms with E-state index in [0.29, 0.717) is 6.04 Å². The zero-order valence-corrected chi connectivity index (χ0v) is 15.9. The number of fused-ring (bicyclic) bond motifs is 4. The van der Waals surface area contributed by atoms with Crippen LogP contribution in [0.1, 0.15) is 35.2 Å². The highest BCUT2D eigenvalue weighted by molar-refractivity contribution is 5.23. The topological polar surface area (TPSA) is 39.3 Å². The molecule has 1 N–H and O–H groups in total. The zero-order chi connectivity index (χ0) is 18.1. The van der Waals surface area contributed by atoms with Crippen LogP contribution in [0.5, 0.6) is 0 Å². The summed E-state index contributed by atoms with van der Waals surface area (Å²) in [7, 11) is 0. The molecule has 0 amide bonds. The van der Waals surface area contributed by atoms with Crippen LogP contribution >= 0.6 is 0 Å². The van der Waals surface area contributed by atoms with Gasteiger partial charge < -0.3 is 4.98 Å². The Kier molecular flexibility index (Phi) is 4.96. The predicted octanol–water partition coefficient (Wildman–Crippen LogP) is 3.09. The summed E-state index contributed by atoms with van der Waals surface area (Å²) < 4.78 is 0. The minimum Gasteiger partial charge on any atom is -0.363 e. The predicted molar refractivity (Wildman–Crippen MR) is 105 cm³/mol. The monoisotopic (exact) mass is 351 g/mol. The number of piperidine rings is 1. The number of H-pyrrole nitrogens is 1. The molecule has 2 bridgehead atoms. The Labute approximate surface area is 155 Å². The number of aromatic nitrogens is 1. The third-order valence-corrected chi connectivity index (χ3v) is 6.13. The number of benzene rings is 1. The molecule has 3 aliphatic heterocycles. The molecular weight excluding hydrogens is 322 g/mol. The Morgan fingerprint density at radius 1 is 1.04 bits per heavy atom. The molecule has 0 aliphatic carbocycles. The number of nitrogens with zero attached hydrogens (tertiary/aromatic N) is 2. The van der Waals surface area contributed by atoms with Crippen molar-refractivity contribution in [2.45, 2.75) is 45.8 Å². The lowest BCUT2D eigenvalue weighted by atomic mass is 9.94. The molecule has 0 radical (unpaired) electrons. The third kappa shape index (κ3) is 3.62. The number of nitrogens with one attached hydrogen (secondary N) is 1. The van der Waals surface area contributed by atoms with Crippen LogP contribution in [0.2, 0.25) is 0 Å². The molecule has 2 unspecified atom stereocenters. The van der Waals surface area contributed by atoms with Crippen molar-refractivity contribution < 1.29 is 0 Å². The molecule has 2 aromatic rings. The normalized spacial score (nSPS) is 23.9.